The lowest BCUT2D eigenvalue weighted by atomic mass is 10.1. The van der Waals surface area contributed by atoms with E-state index in [1.54, 1.807) is 6.07 Å². The number of nitrogens with zero attached hydrogens (tertiary/aromatic N) is 2. The van der Waals surface area contributed by atoms with Crippen LogP contribution in [0.4, 0.5) is 11.7 Å². The fourth-order valence-electron chi connectivity index (χ4n) is 2.10. The summed E-state index contributed by atoms with van der Waals surface area (Å²) in [7, 11) is 0. The van der Waals surface area contributed by atoms with Gasteiger partial charge in [-0.2, -0.15) is 4.98 Å². The quantitative estimate of drug-likeness (QED) is 0.580. The molecule has 1 aromatic heterocycles. The Hall–Kier alpha value is -2.89. The van der Waals surface area contributed by atoms with E-state index >= 15 is 0 Å². The molecule has 0 saturated heterocycles. The normalized spacial score (nSPS) is 12.2. The van der Waals surface area contributed by atoms with Gasteiger partial charge in [-0.3, -0.25) is 10.1 Å². The smallest absolute Gasteiger partial charge is 0.296 e. The SMILES string of the molecule is CC(Nc1nc2ccc([N+](=O)[O-])cc2o1)c1ccccc1. The van der Waals surface area contributed by atoms with E-state index in [0.29, 0.717) is 17.1 Å². The molecule has 2 aromatic carbocycles. The Labute approximate surface area is 120 Å². The Morgan fingerprint density at radius 1 is 1.24 bits per heavy atom. The van der Waals surface area contributed by atoms with Gasteiger partial charge in [0.2, 0.25) is 0 Å². The van der Waals surface area contributed by atoms with E-state index in [0.717, 1.165) is 5.56 Å². The predicted octanol–water partition coefficient (Wildman–Crippen LogP) is 3.91. The van der Waals surface area contributed by atoms with E-state index < -0.39 is 4.92 Å². The maximum absolute atomic E-state index is 10.7. The predicted molar refractivity (Wildman–Crippen MR) is 79.1 cm³/mol. The average molecular weight is 283 g/mol. The van der Waals surface area contributed by atoms with Crippen molar-refractivity contribution in [1.82, 2.24) is 4.98 Å². The summed E-state index contributed by atoms with van der Waals surface area (Å²) in [4.78, 5) is 14.6. The highest BCUT2D eigenvalue weighted by Crippen LogP contribution is 2.25. The van der Waals surface area contributed by atoms with Crippen molar-refractivity contribution in [2.45, 2.75) is 13.0 Å². The van der Waals surface area contributed by atoms with Crippen molar-refractivity contribution in [3.63, 3.8) is 0 Å². The average Bonchev–Trinajstić information content (AvgIpc) is 2.89. The third kappa shape index (κ3) is 2.69. The zero-order valence-electron chi connectivity index (χ0n) is 11.3. The van der Waals surface area contributed by atoms with Gasteiger partial charge in [-0.15, -0.1) is 0 Å². The van der Waals surface area contributed by atoms with Gasteiger partial charge in [0.25, 0.3) is 11.7 Å². The lowest BCUT2D eigenvalue weighted by Crippen LogP contribution is -2.06. The lowest BCUT2D eigenvalue weighted by Gasteiger charge is -2.11. The number of rotatable bonds is 4. The monoisotopic (exact) mass is 283 g/mol. The molecule has 3 rings (SSSR count). The number of oxazole rings is 1. The second-order valence-corrected chi connectivity index (χ2v) is 4.70. The molecule has 21 heavy (non-hydrogen) atoms. The van der Waals surface area contributed by atoms with Gasteiger partial charge in [-0.1, -0.05) is 30.3 Å². The molecule has 1 atom stereocenters. The number of hydrogen-bond donors (Lipinski definition) is 1. The molecule has 1 heterocycles. The first kappa shape index (κ1) is 13.1. The van der Waals surface area contributed by atoms with Crippen LogP contribution in [0.5, 0.6) is 0 Å². The van der Waals surface area contributed by atoms with Gasteiger partial charge < -0.3 is 9.73 Å². The Kier molecular flexibility index (Phi) is 3.27. The van der Waals surface area contributed by atoms with Crippen LogP contribution in [0.15, 0.2) is 52.9 Å². The summed E-state index contributed by atoms with van der Waals surface area (Å²) in [5.41, 5.74) is 2.07. The molecule has 0 aliphatic rings. The molecule has 0 saturated carbocycles. The van der Waals surface area contributed by atoms with Crippen molar-refractivity contribution in [3.05, 3.63) is 64.2 Å². The van der Waals surface area contributed by atoms with E-state index in [4.69, 9.17) is 4.42 Å². The molecule has 3 aromatic rings. The summed E-state index contributed by atoms with van der Waals surface area (Å²) in [5.74, 6) is 0. The van der Waals surface area contributed by atoms with Crippen molar-refractivity contribution < 1.29 is 9.34 Å². The summed E-state index contributed by atoms with van der Waals surface area (Å²) in [5, 5.41) is 13.9. The molecule has 6 nitrogen and oxygen atoms in total. The van der Waals surface area contributed by atoms with Crippen LogP contribution in [0.3, 0.4) is 0 Å². The summed E-state index contributed by atoms with van der Waals surface area (Å²) in [6.45, 7) is 1.99. The number of anilines is 1. The molecule has 0 bridgehead atoms. The van der Waals surface area contributed by atoms with Crippen molar-refractivity contribution in [1.29, 1.82) is 0 Å². The third-order valence-corrected chi connectivity index (χ3v) is 3.22. The summed E-state index contributed by atoms with van der Waals surface area (Å²) < 4.78 is 5.52. The van der Waals surface area contributed by atoms with E-state index in [2.05, 4.69) is 10.3 Å². The van der Waals surface area contributed by atoms with Crippen LogP contribution in [0.1, 0.15) is 18.5 Å². The second-order valence-electron chi connectivity index (χ2n) is 4.70. The summed E-state index contributed by atoms with van der Waals surface area (Å²) in [6.07, 6.45) is 0. The van der Waals surface area contributed by atoms with Crippen molar-refractivity contribution in [3.8, 4) is 0 Å². The summed E-state index contributed by atoms with van der Waals surface area (Å²) in [6, 6.07) is 14.6. The third-order valence-electron chi connectivity index (χ3n) is 3.22. The minimum Gasteiger partial charge on any atom is -0.423 e. The molecule has 106 valence electrons. The number of aromatic nitrogens is 1. The molecular weight excluding hydrogens is 270 g/mol. The summed E-state index contributed by atoms with van der Waals surface area (Å²) >= 11 is 0. The van der Waals surface area contributed by atoms with Crippen molar-refractivity contribution in [2.75, 3.05) is 5.32 Å². The second kappa shape index (κ2) is 5.24. The molecule has 1 N–H and O–H groups in total. The Bertz CT molecular complexity index is 783. The molecule has 6 heteroatoms. The van der Waals surface area contributed by atoms with E-state index in [-0.39, 0.29) is 11.7 Å². The Balaban J connectivity index is 1.86. The van der Waals surface area contributed by atoms with Gasteiger partial charge in [0.15, 0.2) is 5.58 Å². The van der Waals surface area contributed by atoms with Gasteiger partial charge in [-0.25, -0.2) is 0 Å². The number of nitro benzene ring substituents is 1. The molecule has 0 spiro atoms. The van der Waals surface area contributed by atoms with Gasteiger partial charge in [-0.05, 0) is 18.6 Å². The zero-order chi connectivity index (χ0) is 14.8. The Morgan fingerprint density at radius 3 is 2.71 bits per heavy atom. The number of non-ortho nitro benzene ring substituents is 1. The van der Waals surface area contributed by atoms with Gasteiger partial charge in [0, 0.05) is 6.07 Å². The first-order chi connectivity index (χ1) is 10.1. The molecule has 0 radical (unpaired) electrons. The van der Waals surface area contributed by atoms with Gasteiger partial charge >= 0.3 is 0 Å². The number of hydrogen-bond acceptors (Lipinski definition) is 5. The van der Waals surface area contributed by atoms with E-state index in [1.807, 2.05) is 37.3 Å². The van der Waals surface area contributed by atoms with Crippen LogP contribution in [0, 0.1) is 10.1 Å². The van der Waals surface area contributed by atoms with Crippen LogP contribution in [-0.4, -0.2) is 9.91 Å². The van der Waals surface area contributed by atoms with Crippen molar-refractivity contribution >= 4 is 22.8 Å². The van der Waals surface area contributed by atoms with Crippen LogP contribution < -0.4 is 5.32 Å². The van der Waals surface area contributed by atoms with Crippen LogP contribution in [-0.2, 0) is 0 Å². The Morgan fingerprint density at radius 2 is 2.00 bits per heavy atom. The number of nitro groups is 1. The maximum Gasteiger partial charge on any atom is 0.296 e. The number of nitrogens with one attached hydrogen (secondary N) is 1. The van der Waals surface area contributed by atoms with Crippen LogP contribution in [0.25, 0.3) is 11.1 Å². The minimum atomic E-state index is -0.457. The van der Waals surface area contributed by atoms with E-state index in [1.165, 1.54) is 12.1 Å². The lowest BCUT2D eigenvalue weighted by molar-refractivity contribution is -0.384. The van der Waals surface area contributed by atoms with Gasteiger partial charge in [0.1, 0.15) is 5.52 Å². The first-order valence-electron chi connectivity index (χ1n) is 6.50. The van der Waals surface area contributed by atoms with Crippen LogP contribution in [0.2, 0.25) is 0 Å². The van der Waals surface area contributed by atoms with E-state index in [9.17, 15) is 10.1 Å². The standard InChI is InChI=1S/C15H13N3O3/c1-10(11-5-3-2-4-6-11)16-15-17-13-8-7-12(18(19)20)9-14(13)21-15/h2-10H,1H3,(H,16,17). The highest BCUT2D eigenvalue weighted by molar-refractivity contribution is 5.77. The first-order valence-corrected chi connectivity index (χ1v) is 6.50. The number of fused-ring (bicyclic) bond motifs is 1. The fourth-order valence-corrected chi connectivity index (χ4v) is 2.10. The van der Waals surface area contributed by atoms with Gasteiger partial charge in [0.05, 0.1) is 17.0 Å². The minimum absolute atomic E-state index is 0.0127. The largest absolute Gasteiger partial charge is 0.423 e. The molecule has 0 aliphatic heterocycles. The number of benzene rings is 2. The molecule has 0 amide bonds. The zero-order valence-corrected chi connectivity index (χ0v) is 11.3. The topological polar surface area (TPSA) is 81.2 Å². The molecular formula is C15H13N3O3. The van der Waals surface area contributed by atoms with Crippen LogP contribution >= 0.6 is 0 Å². The fraction of sp³-hybridized carbons (Fsp3) is 0.133. The molecule has 0 fully saturated rings. The molecule has 1 unspecified atom stereocenters. The highest BCUT2D eigenvalue weighted by atomic mass is 16.6. The maximum atomic E-state index is 10.7. The molecule has 0 aliphatic carbocycles. The van der Waals surface area contributed by atoms with Crippen molar-refractivity contribution in [2.24, 2.45) is 0 Å². The highest BCUT2D eigenvalue weighted by Gasteiger charge is 2.13.